The number of nitrogens with one attached hydrogen (secondary N) is 2. The predicted octanol–water partition coefficient (Wildman–Crippen LogP) is 3.34. The summed E-state index contributed by atoms with van der Waals surface area (Å²) in [6.45, 7) is 0.778. The summed E-state index contributed by atoms with van der Waals surface area (Å²) >= 11 is 1.58. The predicted molar refractivity (Wildman–Crippen MR) is 79.6 cm³/mol. The fourth-order valence-electron chi connectivity index (χ4n) is 1.99. The maximum atomic E-state index is 11.4. The summed E-state index contributed by atoms with van der Waals surface area (Å²) < 4.78 is 0. The molecule has 0 radical (unpaired) electrons. The van der Waals surface area contributed by atoms with Gasteiger partial charge in [0.05, 0.1) is 11.4 Å². The summed E-state index contributed by atoms with van der Waals surface area (Å²) in [6, 6.07) is 16.3. The highest BCUT2D eigenvalue weighted by atomic mass is 32.2. The molecule has 0 bridgehead atoms. The van der Waals surface area contributed by atoms with Crippen LogP contribution in [0.1, 0.15) is 5.56 Å². The molecule has 2 aromatic rings. The van der Waals surface area contributed by atoms with E-state index in [1.165, 1.54) is 5.56 Å². The van der Waals surface area contributed by atoms with Crippen LogP contribution in [0.2, 0.25) is 0 Å². The van der Waals surface area contributed by atoms with E-state index in [4.69, 9.17) is 0 Å². The molecule has 0 unspecified atom stereocenters. The van der Waals surface area contributed by atoms with E-state index in [1.807, 2.05) is 36.4 Å². The Labute approximate surface area is 116 Å². The van der Waals surface area contributed by atoms with Gasteiger partial charge < -0.3 is 10.6 Å². The summed E-state index contributed by atoms with van der Waals surface area (Å²) in [7, 11) is 0. The molecule has 0 fully saturated rings. The number of carbonyl (C=O) groups is 1. The summed E-state index contributed by atoms with van der Waals surface area (Å²) in [4.78, 5) is 12.5. The molecule has 0 aliphatic carbocycles. The lowest BCUT2D eigenvalue weighted by Crippen LogP contribution is -2.18. The van der Waals surface area contributed by atoms with Gasteiger partial charge in [0.15, 0.2) is 0 Å². The fourth-order valence-corrected chi connectivity index (χ4v) is 2.78. The smallest absolute Gasteiger partial charge is 0.234 e. The van der Waals surface area contributed by atoms with Crippen molar-refractivity contribution in [3.05, 3.63) is 54.1 Å². The van der Waals surface area contributed by atoms with Gasteiger partial charge in [-0.1, -0.05) is 30.3 Å². The number of fused-ring (bicyclic) bond motifs is 1. The second kappa shape index (κ2) is 5.36. The topological polar surface area (TPSA) is 41.1 Å². The standard InChI is InChI=1S/C15H14N2OS/c18-15-10-19-14-7-6-12(8-13(14)17-15)16-9-11-4-2-1-3-5-11/h1-8,16H,9-10H2,(H,17,18). The van der Waals surface area contributed by atoms with E-state index in [1.54, 1.807) is 11.8 Å². The second-order valence-electron chi connectivity index (χ2n) is 4.39. The van der Waals surface area contributed by atoms with Gasteiger partial charge in [-0.15, -0.1) is 11.8 Å². The van der Waals surface area contributed by atoms with Gasteiger partial charge >= 0.3 is 0 Å². The number of hydrogen-bond acceptors (Lipinski definition) is 3. The molecule has 2 N–H and O–H groups in total. The van der Waals surface area contributed by atoms with Crippen LogP contribution in [-0.4, -0.2) is 11.7 Å². The third-order valence-corrected chi connectivity index (χ3v) is 4.03. The second-order valence-corrected chi connectivity index (χ2v) is 5.40. The summed E-state index contributed by atoms with van der Waals surface area (Å²) in [5.41, 5.74) is 3.16. The number of rotatable bonds is 3. The van der Waals surface area contributed by atoms with Gasteiger partial charge in [-0.05, 0) is 23.8 Å². The first kappa shape index (κ1) is 12.1. The number of benzene rings is 2. The SMILES string of the molecule is O=C1CSc2ccc(NCc3ccccc3)cc2N1. The van der Waals surface area contributed by atoms with Crippen molar-refractivity contribution in [2.24, 2.45) is 0 Å². The summed E-state index contributed by atoms with van der Waals surface area (Å²) in [6.07, 6.45) is 0. The third kappa shape index (κ3) is 2.90. The maximum Gasteiger partial charge on any atom is 0.234 e. The minimum absolute atomic E-state index is 0.0673. The largest absolute Gasteiger partial charge is 0.381 e. The van der Waals surface area contributed by atoms with Crippen LogP contribution in [0, 0.1) is 0 Å². The molecule has 3 nitrogen and oxygen atoms in total. The Bertz CT molecular complexity index is 598. The summed E-state index contributed by atoms with van der Waals surface area (Å²) in [5.74, 6) is 0.571. The van der Waals surface area contributed by atoms with Crippen molar-refractivity contribution in [1.82, 2.24) is 0 Å². The van der Waals surface area contributed by atoms with Crippen molar-refractivity contribution in [2.75, 3.05) is 16.4 Å². The van der Waals surface area contributed by atoms with E-state index in [-0.39, 0.29) is 5.91 Å². The molecule has 0 aromatic heterocycles. The van der Waals surface area contributed by atoms with Crippen LogP contribution in [0.5, 0.6) is 0 Å². The van der Waals surface area contributed by atoms with Crippen LogP contribution >= 0.6 is 11.8 Å². The minimum atomic E-state index is 0.0673. The number of hydrogen-bond donors (Lipinski definition) is 2. The zero-order valence-corrected chi connectivity index (χ0v) is 11.2. The van der Waals surface area contributed by atoms with Gasteiger partial charge in [-0.2, -0.15) is 0 Å². The molecule has 0 saturated carbocycles. The van der Waals surface area contributed by atoms with Crippen LogP contribution in [0.15, 0.2) is 53.4 Å². The Hall–Kier alpha value is -1.94. The van der Waals surface area contributed by atoms with Gasteiger partial charge in [0.25, 0.3) is 0 Å². The van der Waals surface area contributed by atoms with Crippen molar-refractivity contribution in [1.29, 1.82) is 0 Å². The lowest BCUT2D eigenvalue weighted by atomic mass is 10.2. The normalized spacial score (nSPS) is 13.6. The minimum Gasteiger partial charge on any atom is -0.381 e. The van der Waals surface area contributed by atoms with Gasteiger partial charge in [-0.25, -0.2) is 0 Å². The first-order chi connectivity index (χ1) is 9.31. The maximum absolute atomic E-state index is 11.4. The molecule has 96 valence electrons. The first-order valence-electron chi connectivity index (χ1n) is 6.16. The average Bonchev–Trinajstić information content (AvgIpc) is 2.46. The molecule has 0 atom stereocenters. The van der Waals surface area contributed by atoms with Crippen LogP contribution in [-0.2, 0) is 11.3 Å². The zero-order valence-electron chi connectivity index (χ0n) is 10.3. The van der Waals surface area contributed by atoms with Crippen molar-refractivity contribution >= 4 is 29.0 Å². The molecule has 0 spiro atoms. The Morgan fingerprint density at radius 3 is 2.84 bits per heavy atom. The number of amides is 1. The van der Waals surface area contributed by atoms with Crippen molar-refractivity contribution in [2.45, 2.75) is 11.4 Å². The highest BCUT2D eigenvalue weighted by molar-refractivity contribution is 8.00. The lowest BCUT2D eigenvalue weighted by Gasteiger charge is -2.17. The average molecular weight is 270 g/mol. The van der Waals surface area contributed by atoms with E-state index in [9.17, 15) is 4.79 Å². The first-order valence-corrected chi connectivity index (χ1v) is 7.14. The Kier molecular flexibility index (Phi) is 3.42. The highest BCUT2D eigenvalue weighted by Gasteiger charge is 2.15. The van der Waals surface area contributed by atoms with Gasteiger partial charge in [0, 0.05) is 17.1 Å². The highest BCUT2D eigenvalue weighted by Crippen LogP contribution is 2.33. The molecule has 4 heteroatoms. The lowest BCUT2D eigenvalue weighted by molar-refractivity contribution is -0.113. The van der Waals surface area contributed by atoms with E-state index < -0.39 is 0 Å². The fraction of sp³-hybridized carbons (Fsp3) is 0.133. The van der Waals surface area contributed by atoms with Crippen molar-refractivity contribution < 1.29 is 4.79 Å². The number of anilines is 2. The van der Waals surface area contributed by atoms with Crippen molar-refractivity contribution in [3.8, 4) is 0 Å². The number of thioether (sulfide) groups is 1. The van der Waals surface area contributed by atoms with Crippen LogP contribution < -0.4 is 10.6 Å². The van der Waals surface area contributed by atoms with E-state index in [2.05, 4.69) is 22.8 Å². The molecule has 0 saturated heterocycles. The molecular weight excluding hydrogens is 256 g/mol. The molecule has 19 heavy (non-hydrogen) atoms. The molecule has 3 rings (SSSR count). The third-order valence-electron chi connectivity index (χ3n) is 2.95. The molecule has 1 aliphatic heterocycles. The van der Waals surface area contributed by atoms with Gasteiger partial charge in [0.1, 0.15) is 0 Å². The van der Waals surface area contributed by atoms with Gasteiger partial charge in [0.2, 0.25) is 5.91 Å². The molecule has 1 amide bonds. The Balaban J connectivity index is 1.72. The quantitative estimate of drug-likeness (QED) is 0.898. The summed E-state index contributed by atoms with van der Waals surface area (Å²) in [5, 5.41) is 6.26. The van der Waals surface area contributed by atoms with Crippen LogP contribution in [0.25, 0.3) is 0 Å². The monoisotopic (exact) mass is 270 g/mol. The van der Waals surface area contributed by atoms with Crippen LogP contribution in [0.3, 0.4) is 0 Å². The van der Waals surface area contributed by atoms with E-state index >= 15 is 0 Å². The Morgan fingerprint density at radius 1 is 1.16 bits per heavy atom. The molecular formula is C15H14N2OS. The molecule has 2 aromatic carbocycles. The Morgan fingerprint density at radius 2 is 2.00 bits per heavy atom. The molecule has 1 aliphatic rings. The number of carbonyl (C=O) groups excluding carboxylic acids is 1. The van der Waals surface area contributed by atoms with Gasteiger partial charge in [-0.3, -0.25) is 4.79 Å². The zero-order chi connectivity index (χ0) is 13.1. The van der Waals surface area contributed by atoms with E-state index in [0.29, 0.717) is 5.75 Å². The van der Waals surface area contributed by atoms with Crippen molar-refractivity contribution in [3.63, 3.8) is 0 Å². The molecule has 1 heterocycles. The van der Waals surface area contributed by atoms with E-state index in [0.717, 1.165) is 22.8 Å². The van der Waals surface area contributed by atoms with Crippen LogP contribution in [0.4, 0.5) is 11.4 Å².